The maximum Gasteiger partial charge on any atom is 0.252 e. The fourth-order valence-electron chi connectivity index (χ4n) is 2.70. The minimum Gasteiger partial charge on any atom is -0.338 e. The number of sulfonamides is 1. The van der Waals surface area contributed by atoms with E-state index in [2.05, 4.69) is 31.8 Å². The summed E-state index contributed by atoms with van der Waals surface area (Å²) in [6, 6.07) is 14.5. The van der Waals surface area contributed by atoms with Gasteiger partial charge in [-0.2, -0.15) is 5.10 Å². The molecule has 1 heterocycles. The maximum absolute atomic E-state index is 12.9. The summed E-state index contributed by atoms with van der Waals surface area (Å²) < 4.78 is 27.0. The molecular formula is C20H21N5O3S. The van der Waals surface area contributed by atoms with Crippen LogP contribution in [0.2, 0.25) is 0 Å². The van der Waals surface area contributed by atoms with Crippen LogP contribution in [0.1, 0.15) is 33.6 Å². The van der Waals surface area contributed by atoms with Crippen LogP contribution < -0.4 is 10.0 Å². The Hall–Kier alpha value is -3.30. The molecule has 0 saturated heterocycles. The fraction of sp³-hybridized carbons (Fsp3) is 0.150. The lowest BCUT2D eigenvalue weighted by Gasteiger charge is -2.16. The molecule has 29 heavy (non-hydrogen) atoms. The third-order valence-corrected chi connectivity index (χ3v) is 5.53. The van der Waals surface area contributed by atoms with Crippen molar-refractivity contribution in [2.24, 2.45) is 0 Å². The fourth-order valence-corrected chi connectivity index (χ4v) is 3.75. The van der Waals surface area contributed by atoms with Gasteiger partial charge in [0.2, 0.25) is 10.0 Å². The Balaban J connectivity index is 1.89. The molecule has 3 aromatic rings. The van der Waals surface area contributed by atoms with E-state index in [4.69, 9.17) is 0 Å². The van der Waals surface area contributed by atoms with Crippen LogP contribution in [0.15, 0.2) is 72.1 Å². The third-order valence-electron chi connectivity index (χ3n) is 4.11. The first-order chi connectivity index (χ1) is 13.9. The smallest absolute Gasteiger partial charge is 0.252 e. The van der Waals surface area contributed by atoms with Crippen molar-refractivity contribution in [2.75, 3.05) is 6.54 Å². The van der Waals surface area contributed by atoms with Crippen LogP contribution in [0.3, 0.4) is 0 Å². The lowest BCUT2D eigenvalue weighted by molar-refractivity contribution is 0.0941. The average molecular weight is 411 g/mol. The number of nitrogens with one attached hydrogen (secondary N) is 3. The lowest BCUT2D eigenvalue weighted by Crippen LogP contribution is -2.30. The number of H-pyrrole nitrogens is 1. The molecule has 8 nitrogen and oxygen atoms in total. The molecule has 0 bridgehead atoms. The van der Waals surface area contributed by atoms with Crippen LogP contribution in [-0.4, -0.2) is 36.1 Å². The number of hydrogen-bond donors (Lipinski definition) is 3. The van der Waals surface area contributed by atoms with Gasteiger partial charge < -0.3 is 5.32 Å². The zero-order chi connectivity index (χ0) is 20.9. The Kier molecular flexibility index (Phi) is 6.20. The van der Waals surface area contributed by atoms with E-state index < -0.39 is 22.0 Å². The second kappa shape index (κ2) is 8.80. The minimum atomic E-state index is -3.74. The normalized spacial score (nSPS) is 12.3. The quantitative estimate of drug-likeness (QED) is 0.491. The van der Waals surface area contributed by atoms with Crippen molar-refractivity contribution in [3.8, 4) is 0 Å². The van der Waals surface area contributed by atoms with Gasteiger partial charge in [0.25, 0.3) is 5.91 Å². The molecule has 150 valence electrons. The van der Waals surface area contributed by atoms with E-state index >= 15 is 0 Å². The van der Waals surface area contributed by atoms with Gasteiger partial charge in [-0.15, -0.1) is 6.58 Å². The second-order valence-corrected chi connectivity index (χ2v) is 8.03. The molecule has 1 unspecified atom stereocenters. The highest BCUT2D eigenvalue weighted by molar-refractivity contribution is 7.89. The van der Waals surface area contributed by atoms with Crippen LogP contribution in [0.4, 0.5) is 0 Å². The largest absolute Gasteiger partial charge is 0.338 e. The Morgan fingerprint density at radius 2 is 1.97 bits per heavy atom. The van der Waals surface area contributed by atoms with Gasteiger partial charge >= 0.3 is 0 Å². The van der Waals surface area contributed by atoms with Crippen molar-refractivity contribution >= 4 is 15.9 Å². The Morgan fingerprint density at radius 3 is 2.62 bits per heavy atom. The molecule has 0 spiro atoms. The number of aromatic amines is 1. The van der Waals surface area contributed by atoms with E-state index in [1.165, 1.54) is 24.3 Å². The van der Waals surface area contributed by atoms with E-state index in [-0.39, 0.29) is 17.0 Å². The molecule has 0 saturated carbocycles. The molecule has 0 aliphatic carbocycles. The van der Waals surface area contributed by atoms with E-state index in [9.17, 15) is 13.2 Å². The summed E-state index contributed by atoms with van der Waals surface area (Å²) in [5.74, 6) is 0.595. The molecule has 3 rings (SSSR count). The van der Waals surface area contributed by atoms with Gasteiger partial charge in [-0.1, -0.05) is 42.5 Å². The van der Waals surface area contributed by atoms with Crippen LogP contribution >= 0.6 is 0 Å². The standard InChI is InChI=1S/C20H21N5O3S/c1-3-12-21-29(27,28)17-11-7-10-16(13-17)20(26)23-18(15-8-5-4-6-9-15)19-22-14(2)24-25-19/h3-11,13,18,21H,1,12H2,2H3,(H,23,26)(H,22,24,25). The average Bonchev–Trinajstić information content (AvgIpc) is 3.17. The number of amides is 1. The predicted molar refractivity (Wildman–Crippen MR) is 109 cm³/mol. The Labute approximate surface area is 169 Å². The van der Waals surface area contributed by atoms with Gasteiger partial charge in [-0.3, -0.25) is 9.89 Å². The van der Waals surface area contributed by atoms with Crippen LogP contribution in [0.25, 0.3) is 0 Å². The van der Waals surface area contributed by atoms with Crippen molar-refractivity contribution in [2.45, 2.75) is 17.9 Å². The number of carbonyl (C=O) groups is 1. The molecule has 0 radical (unpaired) electrons. The van der Waals surface area contributed by atoms with Crippen molar-refractivity contribution in [3.05, 3.63) is 90.0 Å². The number of nitrogens with zero attached hydrogens (tertiary/aromatic N) is 2. The summed E-state index contributed by atoms with van der Waals surface area (Å²) in [7, 11) is -3.74. The summed E-state index contributed by atoms with van der Waals surface area (Å²) in [5.41, 5.74) is 1.01. The number of aromatic nitrogens is 3. The minimum absolute atomic E-state index is 0.00278. The molecular weight excluding hydrogens is 390 g/mol. The predicted octanol–water partition coefficient (Wildman–Crippen LogP) is 2.10. The zero-order valence-electron chi connectivity index (χ0n) is 15.8. The summed E-state index contributed by atoms with van der Waals surface area (Å²) in [4.78, 5) is 17.2. The summed E-state index contributed by atoms with van der Waals surface area (Å²) in [6.07, 6.45) is 1.44. The summed E-state index contributed by atoms with van der Waals surface area (Å²) in [5, 5.41) is 9.82. The number of benzene rings is 2. The van der Waals surface area contributed by atoms with Crippen molar-refractivity contribution in [1.82, 2.24) is 25.2 Å². The van der Waals surface area contributed by atoms with Crippen molar-refractivity contribution in [3.63, 3.8) is 0 Å². The van der Waals surface area contributed by atoms with E-state index in [0.717, 1.165) is 5.56 Å². The molecule has 1 atom stereocenters. The monoisotopic (exact) mass is 411 g/mol. The first-order valence-corrected chi connectivity index (χ1v) is 10.3. The number of hydrogen-bond acceptors (Lipinski definition) is 5. The SMILES string of the molecule is C=CCNS(=O)(=O)c1cccc(C(=O)NC(c2ccccc2)c2n[nH]c(C)n2)c1. The highest BCUT2D eigenvalue weighted by Crippen LogP contribution is 2.20. The third kappa shape index (κ3) is 4.95. The number of rotatable bonds is 8. The number of aryl methyl sites for hydroxylation is 1. The highest BCUT2D eigenvalue weighted by atomic mass is 32.2. The van der Waals surface area contributed by atoms with Gasteiger partial charge in [0.15, 0.2) is 5.82 Å². The van der Waals surface area contributed by atoms with Gasteiger partial charge in [0, 0.05) is 12.1 Å². The molecule has 2 aromatic carbocycles. The summed E-state index contributed by atoms with van der Waals surface area (Å²) >= 11 is 0. The Bertz CT molecular complexity index is 1110. The number of carbonyl (C=O) groups excluding carboxylic acids is 1. The van der Waals surface area contributed by atoms with E-state index in [1.807, 2.05) is 30.3 Å². The van der Waals surface area contributed by atoms with Crippen molar-refractivity contribution in [1.29, 1.82) is 0 Å². The highest BCUT2D eigenvalue weighted by Gasteiger charge is 2.22. The first kappa shape index (κ1) is 20.4. The molecule has 1 amide bonds. The molecule has 3 N–H and O–H groups in total. The lowest BCUT2D eigenvalue weighted by atomic mass is 10.1. The van der Waals surface area contributed by atoms with E-state index in [1.54, 1.807) is 13.0 Å². The topological polar surface area (TPSA) is 117 Å². The molecule has 0 aliphatic heterocycles. The molecule has 1 aromatic heterocycles. The molecule has 0 fully saturated rings. The maximum atomic E-state index is 12.9. The van der Waals surface area contributed by atoms with Crippen LogP contribution in [0, 0.1) is 6.92 Å². The van der Waals surface area contributed by atoms with Crippen LogP contribution in [-0.2, 0) is 10.0 Å². The van der Waals surface area contributed by atoms with Gasteiger partial charge in [0.1, 0.15) is 11.9 Å². The molecule has 9 heteroatoms. The van der Waals surface area contributed by atoms with Gasteiger partial charge in [-0.25, -0.2) is 18.1 Å². The Morgan fingerprint density at radius 1 is 1.21 bits per heavy atom. The van der Waals surface area contributed by atoms with Gasteiger partial charge in [0.05, 0.1) is 4.90 Å². The van der Waals surface area contributed by atoms with Crippen LogP contribution in [0.5, 0.6) is 0 Å². The van der Waals surface area contributed by atoms with Crippen molar-refractivity contribution < 1.29 is 13.2 Å². The zero-order valence-corrected chi connectivity index (χ0v) is 16.6. The van der Waals surface area contributed by atoms with Gasteiger partial charge in [-0.05, 0) is 30.7 Å². The second-order valence-electron chi connectivity index (χ2n) is 6.26. The molecule has 0 aliphatic rings. The van der Waals surface area contributed by atoms with E-state index in [0.29, 0.717) is 11.6 Å². The first-order valence-electron chi connectivity index (χ1n) is 8.86. The summed E-state index contributed by atoms with van der Waals surface area (Å²) in [6.45, 7) is 5.35.